The first-order valence-electron chi connectivity index (χ1n) is 12.5. The second-order valence-corrected chi connectivity index (χ2v) is 12.8. The molecule has 0 aliphatic heterocycles. The van der Waals surface area contributed by atoms with Gasteiger partial charge in [-0.1, -0.05) is 34.1 Å². The van der Waals surface area contributed by atoms with Crippen LogP contribution in [0.2, 0.25) is 0 Å². The number of ketones is 1. The molecular weight excluding hydrogens is 404 g/mol. The van der Waals surface area contributed by atoms with E-state index in [1.165, 1.54) is 13.3 Å². The average molecular weight is 447 g/mol. The van der Waals surface area contributed by atoms with Gasteiger partial charge >= 0.3 is 5.97 Å². The molecule has 0 aromatic heterocycles. The number of rotatable bonds is 2. The van der Waals surface area contributed by atoms with Crippen LogP contribution in [0.4, 0.5) is 0 Å². The summed E-state index contributed by atoms with van der Waals surface area (Å²) in [5, 5.41) is 22.7. The topological polar surface area (TPSA) is 83.8 Å². The van der Waals surface area contributed by atoms with Crippen molar-refractivity contribution in [3.8, 4) is 0 Å². The van der Waals surface area contributed by atoms with E-state index >= 15 is 0 Å². The van der Waals surface area contributed by atoms with Crippen molar-refractivity contribution in [2.75, 3.05) is 0 Å². The standard InChI is InChI=1S/C27H42O5/c1-16-12-20(30)18(13-19(16)29)27(31)11-8-22-25(5,15-27)14-21(32-17(2)28)23-24(3,4)9-7-10-26(22,23)6/h12,18,20-23,30-31H,7-11,13-15H2,1-6H3/t18-,20-,21-,22-,23+,25+,26-,27-/m1/s1. The van der Waals surface area contributed by atoms with Crippen LogP contribution in [-0.4, -0.2) is 39.8 Å². The molecule has 0 bridgehead atoms. The summed E-state index contributed by atoms with van der Waals surface area (Å²) in [4.78, 5) is 24.5. The zero-order chi connectivity index (χ0) is 23.7. The van der Waals surface area contributed by atoms with Gasteiger partial charge in [0.2, 0.25) is 0 Å². The molecule has 2 N–H and O–H groups in total. The maximum absolute atomic E-state index is 12.4. The number of allylic oxidation sites excluding steroid dienone is 1. The zero-order valence-corrected chi connectivity index (χ0v) is 20.7. The fraction of sp³-hybridized carbons (Fsp3) is 0.852. The Labute approximate surface area is 193 Å². The number of hydrogen-bond donors (Lipinski definition) is 2. The SMILES string of the molecule is CC(=O)O[C@@H]1C[C@@]2(C)C[C@@](O)([C@@H]3CC(=O)C(C)=C[C@H]3O)CC[C@H]2[C@@]2(C)CCCC(C)(C)[C@H]12. The Hall–Kier alpha value is -1.20. The lowest BCUT2D eigenvalue weighted by atomic mass is 9.39. The van der Waals surface area contributed by atoms with Gasteiger partial charge in [-0.2, -0.15) is 0 Å². The summed E-state index contributed by atoms with van der Waals surface area (Å²) >= 11 is 0. The van der Waals surface area contributed by atoms with Crippen LogP contribution in [0.5, 0.6) is 0 Å². The van der Waals surface area contributed by atoms with Gasteiger partial charge in [-0.3, -0.25) is 9.59 Å². The van der Waals surface area contributed by atoms with Crippen molar-refractivity contribution in [3.63, 3.8) is 0 Å². The summed E-state index contributed by atoms with van der Waals surface area (Å²) in [6, 6.07) is 0. The van der Waals surface area contributed by atoms with Crippen LogP contribution in [0.15, 0.2) is 11.6 Å². The molecule has 0 radical (unpaired) electrons. The summed E-state index contributed by atoms with van der Waals surface area (Å²) in [5.41, 5.74) is -0.592. The highest BCUT2D eigenvalue weighted by atomic mass is 16.5. The van der Waals surface area contributed by atoms with Gasteiger partial charge in [0.1, 0.15) is 6.10 Å². The highest BCUT2D eigenvalue weighted by Crippen LogP contribution is 2.69. The minimum atomic E-state index is -1.09. The van der Waals surface area contributed by atoms with Crippen LogP contribution in [0.3, 0.4) is 0 Å². The average Bonchev–Trinajstić information content (AvgIpc) is 2.62. The Morgan fingerprint density at radius 1 is 1.16 bits per heavy atom. The highest BCUT2D eigenvalue weighted by Gasteiger charge is 2.66. The molecule has 180 valence electrons. The molecule has 4 aliphatic carbocycles. The molecule has 0 heterocycles. The van der Waals surface area contributed by atoms with Gasteiger partial charge in [-0.25, -0.2) is 0 Å². The van der Waals surface area contributed by atoms with E-state index in [0.717, 1.165) is 25.7 Å². The van der Waals surface area contributed by atoms with Crippen molar-refractivity contribution < 1.29 is 24.5 Å². The van der Waals surface area contributed by atoms with Crippen molar-refractivity contribution in [1.29, 1.82) is 0 Å². The van der Waals surface area contributed by atoms with E-state index in [1.807, 2.05) is 0 Å². The number of carbonyl (C=O) groups excluding carboxylic acids is 2. The monoisotopic (exact) mass is 446 g/mol. The predicted octanol–water partition coefficient (Wildman–Crippen LogP) is 4.59. The third-order valence-corrected chi connectivity index (χ3v) is 10.0. The molecule has 4 rings (SSSR count). The number of hydrogen-bond acceptors (Lipinski definition) is 5. The van der Waals surface area contributed by atoms with Crippen LogP contribution >= 0.6 is 0 Å². The van der Waals surface area contributed by atoms with E-state index in [0.29, 0.717) is 30.3 Å². The van der Waals surface area contributed by atoms with Gasteiger partial charge in [0, 0.05) is 25.2 Å². The number of ether oxygens (including phenoxy) is 1. The first kappa shape index (κ1) is 23.9. The lowest BCUT2D eigenvalue weighted by Crippen LogP contribution is -2.65. The Balaban J connectivity index is 1.70. The van der Waals surface area contributed by atoms with Crippen molar-refractivity contribution >= 4 is 11.8 Å². The number of Topliss-reactive ketones (excluding diaryl/α,β-unsaturated/α-hetero) is 1. The third kappa shape index (κ3) is 3.68. The van der Waals surface area contributed by atoms with Crippen LogP contribution in [-0.2, 0) is 14.3 Å². The van der Waals surface area contributed by atoms with Gasteiger partial charge in [-0.15, -0.1) is 0 Å². The molecule has 0 saturated heterocycles. The molecule has 5 heteroatoms. The maximum atomic E-state index is 12.4. The summed E-state index contributed by atoms with van der Waals surface area (Å²) in [6.07, 6.45) is 7.02. The molecule has 32 heavy (non-hydrogen) atoms. The Morgan fingerprint density at radius 3 is 2.50 bits per heavy atom. The normalized spacial score (nSPS) is 48.3. The molecule has 3 fully saturated rings. The Morgan fingerprint density at radius 2 is 1.84 bits per heavy atom. The van der Waals surface area contributed by atoms with E-state index < -0.39 is 17.6 Å². The van der Waals surface area contributed by atoms with Crippen LogP contribution < -0.4 is 0 Å². The molecule has 3 saturated carbocycles. The van der Waals surface area contributed by atoms with Gasteiger partial charge in [-0.05, 0) is 79.3 Å². The van der Waals surface area contributed by atoms with Gasteiger partial charge in [0.15, 0.2) is 5.78 Å². The van der Waals surface area contributed by atoms with E-state index in [2.05, 4.69) is 27.7 Å². The third-order valence-electron chi connectivity index (χ3n) is 10.0. The molecular formula is C27H42O5. The number of esters is 1. The molecule has 0 spiro atoms. The van der Waals surface area contributed by atoms with Gasteiger partial charge in [0.05, 0.1) is 11.7 Å². The van der Waals surface area contributed by atoms with E-state index in [4.69, 9.17) is 4.74 Å². The van der Waals surface area contributed by atoms with Crippen molar-refractivity contribution in [2.45, 2.75) is 111 Å². The van der Waals surface area contributed by atoms with E-state index in [1.54, 1.807) is 13.0 Å². The summed E-state index contributed by atoms with van der Waals surface area (Å²) in [5.74, 6) is 0.0194. The van der Waals surface area contributed by atoms with Crippen molar-refractivity contribution in [2.24, 2.45) is 34.0 Å². The molecule has 0 amide bonds. The van der Waals surface area contributed by atoms with Crippen LogP contribution in [0.1, 0.15) is 92.9 Å². The molecule has 4 aliphatic rings. The predicted molar refractivity (Wildman–Crippen MR) is 123 cm³/mol. The van der Waals surface area contributed by atoms with Crippen molar-refractivity contribution in [3.05, 3.63) is 11.6 Å². The fourth-order valence-corrected chi connectivity index (χ4v) is 9.11. The second kappa shape index (κ2) is 7.66. The lowest BCUT2D eigenvalue weighted by molar-refractivity contribution is -0.236. The van der Waals surface area contributed by atoms with Crippen LogP contribution in [0.25, 0.3) is 0 Å². The second-order valence-electron chi connectivity index (χ2n) is 12.8. The highest BCUT2D eigenvalue weighted by molar-refractivity contribution is 5.96. The first-order valence-corrected chi connectivity index (χ1v) is 12.5. The molecule has 0 unspecified atom stereocenters. The minimum Gasteiger partial charge on any atom is -0.462 e. The van der Waals surface area contributed by atoms with Gasteiger partial charge < -0.3 is 14.9 Å². The number of aliphatic hydroxyl groups excluding tert-OH is 1. The van der Waals surface area contributed by atoms with Crippen molar-refractivity contribution in [1.82, 2.24) is 0 Å². The van der Waals surface area contributed by atoms with Crippen LogP contribution in [0, 0.1) is 34.0 Å². The minimum absolute atomic E-state index is 0.0171. The van der Waals surface area contributed by atoms with E-state index in [9.17, 15) is 19.8 Å². The molecule has 0 aromatic carbocycles. The Bertz CT molecular complexity index is 830. The number of aliphatic hydroxyl groups is 2. The number of fused-ring (bicyclic) bond motifs is 3. The quantitative estimate of drug-likeness (QED) is 0.606. The summed E-state index contributed by atoms with van der Waals surface area (Å²) < 4.78 is 6.01. The first-order chi connectivity index (χ1) is 14.7. The largest absolute Gasteiger partial charge is 0.462 e. The smallest absolute Gasteiger partial charge is 0.302 e. The summed E-state index contributed by atoms with van der Waals surface area (Å²) in [7, 11) is 0. The lowest BCUT2D eigenvalue weighted by Gasteiger charge is -2.67. The molecule has 8 atom stereocenters. The van der Waals surface area contributed by atoms with Gasteiger partial charge in [0.25, 0.3) is 0 Å². The molecule has 0 aromatic rings. The maximum Gasteiger partial charge on any atom is 0.302 e. The summed E-state index contributed by atoms with van der Waals surface area (Å²) in [6.45, 7) is 12.5. The Kier molecular flexibility index (Phi) is 5.73. The zero-order valence-electron chi connectivity index (χ0n) is 20.7. The molecule has 5 nitrogen and oxygen atoms in total. The van der Waals surface area contributed by atoms with E-state index in [-0.39, 0.29) is 40.5 Å². The fourth-order valence-electron chi connectivity index (χ4n) is 9.11. The number of carbonyl (C=O) groups is 2.